The van der Waals surface area contributed by atoms with Crippen molar-refractivity contribution < 1.29 is 4.74 Å². The second kappa shape index (κ2) is 4.74. The minimum Gasteiger partial charge on any atom is -0.480 e. The fourth-order valence-corrected chi connectivity index (χ4v) is 1.03. The van der Waals surface area contributed by atoms with E-state index in [0.29, 0.717) is 5.88 Å². The van der Waals surface area contributed by atoms with Gasteiger partial charge in [0.25, 0.3) is 0 Å². The molecule has 4 heteroatoms. The van der Waals surface area contributed by atoms with Gasteiger partial charge in [-0.3, -0.25) is 0 Å². The van der Waals surface area contributed by atoms with Crippen molar-refractivity contribution in [1.82, 2.24) is 15.2 Å². The van der Waals surface area contributed by atoms with Gasteiger partial charge in [-0.05, 0) is 13.3 Å². The van der Waals surface area contributed by atoms with E-state index in [2.05, 4.69) is 22.1 Å². The molecule has 0 aromatic carbocycles. The molecular formula is C9H15N3O. The normalized spacial score (nSPS) is 10.1. The lowest BCUT2D eigenvalue weighted by Gasteiger charge is -2.03. The van der Waals surface area contributed by atoms with Gasteiger partial charge in [-0.15, -0.1) is 10.2 Å². The summed E-state index contributed by atoms with van der Waals surface area (Å²) in [5.74, 6) is 1.35. The Morgan fingerprint density at radius 1 is 1.31 bits per heavy atom. The minimum atomic E-state index is 0.584. The van der Waals surface area contributed by atoms with Crippen LogP contribution in [0.25, 0.3) is 0 Å². The van der Waals surface area contributed by atoms with Crippen molar-refractivity contribution in [2.24, 2.45) is 0 Å². The summed E-state index contributed by atoms with van der Waals surface area (Å²) >= 11 is 0. The zero-order valence-electron chi connectivity index (χ0n) is 8.37. The van der Waals surface area contributed by atoms with Gasteiger partial charge >= 0.3 is 0 Å². The minimum absolute atomic E-state index is 0.584. The van der Waals surface area contributed by atoms with Gasteiger partial charge in [0, 0.05) is 6.42 Å². The van der Waals surface area contributed by atoms with Crippen molar-refractivity contribution in [2.45, 2.75) is 33.1 Å². The van der Waals surface area contributed by atoms with Crippen LogP contribution in [0.5, 0.6) is 5.88 Å². The SMILES string of the molecule is CCCCc1nnc(C)c(OC)n1. The number of rotatable bonds is 4. The average Bonchev–Trinajstić information content (AvgIpc) is 2.16. The van der Waals surface area contributed by atoms with Gasteiger partial charge in [-0.25, -0.2) is 0 Å². The molecule has 0 atom stereocenters. The van der Waals surface area contributed by atoms with Gasteiger partial charge in [0.2, 0.25) is 5.88 Å². The summed E-state index contributed by atoms with van der Waals surface area (Å²) < 4.78 is 5.05. The molecule has 0 N–H and O–H groups in total. The van der Waals surface area contributed by atoms with Gasteiger partial charge in [0.05, 0.1) is 7.11 Å². The Labute approximate surface area is 78.4 Å². The lowest BCUT2D eigenvalue weighted by Crippen LogP contribution is -2.03. The molecule has 0 saturated carbocycles. The second-order valence-corrected chi connectivity index (χ2v) is 2.93. The third-order valence-electron chi connectivity index (χ3n) is 1.80. The highest BCUT2D eigenvalue weighted by Crippen LogP contribution is 2.10. The molecule has 0 fully saturated rings. The van der Waals surface area contributed by atoms with Crippen LogP contribution in [0.3, 0.4) is 0 Å². The topological polar surface area (TPSA) is 47.9 Å². The highest BCUT2D eigenvalue weighted by Gasteiger charge is 2.04. The molecule has 4 nitrogen and oxygen atoms in total. The molecule has 0 spiro atoms. The number of ether oxygens (including phenoxy) is 1. The fraction of sp³-hybridized carbons (Fsp3) is 0.667. The van der Waals surface area contributed by atoms with Crippen LogP contribution in [-0.2, 0) is 6.42 Å². The van der Waals surface area contributed by atoms with Crippen molar-refractivity contribution in [2.75, 3.05) is 7.11 Å². The van der Waals surface area contributed by atoms with Gasteiger partial charge in [-0.1, -0.05) is 13.3 Å². The summed E-state index contributed by atoms with van der Waals surface area (Å²) in [5.41, 5.74) is 0.739. The first-order valence-corrected chi connectivity index (χ1v) is 4.52. The molecule has 0 aliphatic carbocycles. The Morgan fingerprint density at radius 2 is 2.08 bits per heavy atom. The van der Waals surface area contributed by atoms with Crippen LogP contribution < -0.4 is 4.74 Å². The predicted molar refractivity (Wildman–Crippen MR) is 49.7 cm³/mol. The summed E-state index contributed by atoms with van der Waals surface area (Å²) in [6.45, 7) is 3.97. The monoisotopic (exact) mass is 181 g/mol. The summed E-state index contributed by atoms with van der Waals surface area (Å²) in [5, 5.41) is 7.95. The summed E-state index contributed by atoms with van der Waals surface area (Å²) in [6.07, 6.45) is 3.10. The highest BCUT2D eigenvalue weighted by molar-refractivity contribution is 5.14. The molecule has 0 bridgehead atoms. The number of nitrogens with zero attached hydrogens (tertiary/aromatic N) is 3. The first kappa shape index (κ1) is 9.89. The zero-order chi connectivity index (χ0) is 9.68. The van der Waals surface area contributed by atoms with Crippen LogP contribution in [0, 0.1) is 6.92 Å². The van der Waals surface area contributed by atoms with Gasteiger partial charge in [-0.2, -0.15) is 4.98 Å². The Kier molecular flexibility index (Phi) is 3.61. The molecule has 0 amide bonds. The Bertz CT molecular complexity index is 276. The summed E-state index contributed by atoms with van der Waals surface area (Å²) in [6, 6.07) is 0. The summed E-state index contributed by atoms with van der Waals surface area (Å²) in [7, 11) is 1.60. The fourth-order valence-electron chi connectivity index (χ4n) is 1.03. The standard InChI is InChI=1S/C9H15N3O/c1-4-5-6-8-10-9(13-3)7(2)11-12-8/h4-6H2,1-3H3. The number of aryl methyl sites for hydroxylation is 2. The van der Waals surface area contributed by atoms with E-state index in [-0.39, 0.29) is 0 Å². The molecule has 0 aliphatic heterocycles. The molecule has 0 aliphatic rings. The van der Waals surface area contributed by atoms with Crippen LogP contribution in [0.4, 0.5) is 0 Å². The first-order valence-electron chi connectivity index (χ1n) is 4.52. The molecule has 0 radical (unpaired) electrons. The van der Waals surface area contributed by atoms with Gasteiger partial charge in [0.15, 0.2) is 5.82 Å². The first-order chi connectivity index (χ1) is 6.27. The molecule has 13 heavy (non-hydrogen) atoms. The zero-order valence-corrected chi connectivity index (χ0v) is 8.37. The number of hydrogen-bond acceptors (Lipinski definition) is 4. The van der Waals surface area contributed by atoms with E-state index in [0.717, 1.165) is 30.8 Å². The van der Waals surface area contributed by atoms with Gasteiger partial charge in [0.1, 0.15) is 5.69 Å². The Morgan fingerprint density at radius 3 is 2.69 bits per heavy atom. The molecule has 1 aromatic heterocycles. The number of aromatic nitrogens is 3. The Balaban J connectivity index is 2.74. The molecule has 1 rings (SSSR count). The van der Waals surface area contributed by atoms with Crippen LogP contribution in [0.15, 0.2) is 0 Å². The van der Waals surface area contributed by atoms with Crippen LogP contribution in [0.2, 0.25) is 0 Å². The van der Waals surface area contributed by atoms with Crippen LogP contribution in [0.1, 0.15) is 31.3 Å². The lowest BCUT2D eigenvalue weighted by atomic mass is 10.2. The molecule has 72 valence electrons. The molecule has 0 unspecified atom stereocenters. The van der Waals surface area contributed by atoms with E-state index in [1.54, 1.807) is 7.11 Å². The number of hydrogen-bond donors (Lipinski definition) is 0. The van der Waals surface area contributed by atoms with Crippen molar-refractivity contribution >= 4 is 0 Å². The number of unbranched alkanes of at least 4 members (excludes halogenated alkanes) is 1. The van der Waals surface area contributed by atoms with E-state index in [9.17, 15) is 0 Å². The van der Waals surface area contributed by atoms with Crippen LogP contribution in [-0.4, -0.2) is 22.3 Å². The van der Waals surface area contributed by atoms with Gasteiger partial charge < -0.3 is 4.74 Å². The average molecular weight is 181 g/mol. The van der Waals surface area contributed by atoms with Crippen molar-refractivity contribution in [3.63, 3.8) is 0 Å². The van der Waals surface area contributed by atoms with Crippen molar-refractivity contribution in [3.8, 4) is 5.88 Å². The maximum Gasteiger partial charge on any atom is 0.238 e. The Hall–Kier alpha value is -1.19. The summed E-state index contributed by atoms with van der Waals surface area (Å²) in [4.78, 5) is 4.23. The number of methoxy groups -OCH3 is 1. The highest BCUT2D eigenvalue weighted by atomic mass is 16.5. The maximum atomic E-state index is 5.05. The van der Waals surface area contributed by atoms with E-state index < -0.39 is 0 Å². The molecule has 1 aromatic rings. The van der Waals surface area contributed by atoms with E-state index in [1.807, 2.05) is 6.92 Å². The van der Waals surface area contributed by atoms with Crippen molar-refractivity contribution in [1.29, 1.82) is 0 Å². The molecule has 1 heterocycles. The third kappa shape index (κ3) is 2.65. The van der Waals surface area contributed by atoms with Crippen molar-refractivity contribution in [3.05, 3.63) is 11.5 Å². The van der Waals surface area contributed by atoms with E-state index in [4.69, 9.17) is 4.74 Å². The quantitative estimate of drug-likeness (QED) is 0.706. The largest absolute Gasteiger partial charge is 0.480 e. The smallest absolute Gasteiger partial charge is 0.238 e. The third-order valence-corrected chi connectivity index (χ3v) is 1.80. The maximum absolute atomic E-state index is 5.05. The lowest BCUT2D eigenvalue weighted by molar-refractivity contribution is 0.386. The molecular weight excluding hydrogens is 166 g/mol. The van der Waals surface area contributed by atoms with E-state index >= 15 is 0 Å². The van der Waals surface area contributed by atoms with Crippen LogP contribution >= 0.6 is 0 Å². The molecule has 0 saturated heterocycles. The second-order valence-electron chi connectivity index (χ2n) is 2.93. The van der Waals surface area contributed by atoms with E-state index in [1.165, 1.54) is 0 Å². The predicted octanol–water partition coefficient (Wildman–Crippen LogP) is 1.53.